The third-order valence-electron chi connectivity index (χ3n) is 5.13. The summed E-state index contributed by atoms with van der Waals surface area (Å²) in [6, 6.07) is 1.00. The van der Waals surface area contributed by atoms with Gasteiger partial charge < -0.3 is 10.6 Å². The van der Waals surface area contributed by atoms with Crippen LogP contribution in [-0.2, 0) is 4.79 Å². The number of nitrogens with two attached hydrogens (primary N) is 1. The zero-order chi connectivity index (χ0) is 14.5. The van der Waals surface area contributed by atoms with Crippen LogP contribution in [-0.4, -0.2) is 54.0 Å². The van der Waals surface area contributed by atoms with Gasteiger partial charge in [0.15, 0.2) is 0 Å². The lowest BCUT2D eigenvalue weighted by Crippen LogP contribution is -2.53. The molecule has 2 rings (SSSR count). The summed E-state index contributed by atoms with van der Waals surface area (Å²) in [5, 5.41) is 0. The van der Waals surface area contributed by atoms with Gasteiger partial charge >= 0.3 is 0 Å². The van der Waals surface area contributed by atoms with Gasteiger partial charge in [-0.3, -0.25) is 9.69 Å². The molecule has 5 heteroatoms. The van der Waals surface area contributed by atoms with Crippen molar-refractivity contribution in [2.24, 2.45) is 5.73 Å². The highest BCUT2D eigenvalue weighted by Crippen LogP contribution is 2.23. The molecule has 2 aliphatic rings. The van der Waals surface area contributed by atoms with E-state index in [9.17, 15) is 4.79 Å². The topological polar surface area (TPSA) is 49.6 Å². The van der Waals surface area contributed by atoms with Crippen LogP contribution in [0.3, 0.4) is 0 Å². The lowest BCUT2D eigenvalue weighted by atomic mass is 9.94. The number of halogens is 1. The minimum Gasteiger partial charge on any atom is -0.342 e. The number of carbonyl (C=O) groups is 1. The average Bonchev–Trinajstić information content (AvgIpc) is 2.47. The van der Waals surface area contributed by atoms with Gasteiger partial charge in [-0.1, -0.05) is 25.7 Å². The van der Waals surface area contributed by atoms with Gasteiger partial charge in [0.25, 0.3) is 0 Å². The van der Waals surface area contributed by atoms with Crippen molar-refractivity contribution in [1.29, 1.82) is 0 Å². The van der Waals surface area contributed by atoms with Crippen LogP contribution in [0.5, 0.6) is 0 Å². The highest BCUT2D eigenvalue weighted by atomic mass is 35.5. The lowest BCUT2D eigenvalue weighted by Gasteiger charge is -2.39. The summed E-state index contributed by atoms with van der Waals surface area (Å²) in [4.78, 5) is 16.8. The summed E-state index contributed by atoms with van der Waals surface area (Å²) in [6.45, 7) is 3.65. The van der Waals surface area contributed by atoms with Crippen LogP contribution < -0.4 is 5.73 Å². The molecule has 124 valence electrons. The minimum absolute atomic E-state index is 0. The molecule has 0 aromatic carbocycles. The molecule has 0 spiro atoms. The van der Waals surface area contributed by atoms with Crippen molar-refractivity contribution in [2.75, 3.05) is 20.1 Å². The largest absolute Gasteiger partial charge is 0.342 e. The molecule has 1 amide bonds. The molecular weight excluding hydrogens is 286 g/mol. The van der Waals surface area contributed by atoms with Gasteiger partial charge in [-0.05, 0) is 39.2 Å². The van der Waals surface area contributed by atoms with Gasteiger partial charge in [0.1, 0.15) is 0 Å². The first-order valence-corrected chi connectivity index (χ1v) is 8.35. The van der Waals surface area contributed by atoms with E-state index in [1.165, 1.54) is 44.9 Å². The summed E-state index contributed by atoms with van der Waals surface area (Å²) in [5.41, 5.74) is 6.09. The van der Waals surface area contributed by atoms with Crippen LogP contribution in [0.25, 0.3) is 0 Å². The summed E-state index contributed by atoms with van der Waals surface area (Å²) in [6.07, 6.45) is 9.81. The Labute approximate surface area is 135 Å². The van der Waals surface area contributed by atoms with Crippen molar-refractivity contribution in [3.8, 4) is 0 Å². The molecule has 1 saturated carbocycles. The van der Waals surface area contributed by atoms with E-state index in [4.69, 9.17) is 5.73 Å². The Morgan fingerprint density at radius 2 is 1.81 bits per heavy atom. The number of hydrogen-bond acceptors (Lipinski definition) is 3. The molecule has 1 aliphatic carbocycles. The molecular formula is C16H32ClN3O. The number of nitrogens with zero attached hydrogens (tertiary/aromatic N) is 2. The quantitative estimate of drug-likeness (QED) is 0.866. The molecule has 0 aromatic rings. The van der Waals surface area contributed by atoms with Crippen LogP contribution in [0, 0.1) is 0 Å². The molecule has 1 heterocycles. The van der Waals surface area contributed by atoms with Crippen LogP contribution in [0.15, 0.2) is 0 Å². The van der Waals surface area contributed by atoms with E-state index in [2.05, 4.69) is 11.8 Å². The minimum atomic E-state index is 0. The van der Waals surface area contributed by atoms with Gasteiger partial charge in [-0.15, -0.1) is 12.4 Å². The second-order valence-corrected chi connectivity index (χ2v) is 6.69. The fourth-order valence-corrected chi connectivity index (χ4v) is 3.77. The Bertz CT molecular complexity index is 319. The number of rotatable bonds is 4. The fraction of sp³-hybridized carbons (Fsp3) is 0.938. The summed E-state index contributed by atoms with van der Waals surface area (Å²) >= 11 is 0. The van der Waals surface area contributed by atoms with Crippen LogP contribution >= 0.6 is 12.4 Å². The predicted molar refractivity (Wildman–Crippen MR) is 89.8 cm³/mol. The molecule has 0 radical (unpaired) electrons. The summed E-state index contributed by atoms with van der Waals surface area (Å²) in [5.74, 6) is 0.282. The number of amides is 1. The second-order valence-electron chi connectivity index (χ2n) is 6.69. The maximum atomic E-state index is 12.5. The van der Waals surface area contributed by atoms with Crippen molar-refractivity contribution in [2.45, 2.75) is 76.4 Å². The van der Waals surface area contributed by atoms with Gasteiger partial charge in [0.05, 0.1) is 6.54 Å². The van der Waals surface area contributed by atoms with E-state index in [-0.39, 0.29) is 24.4 Å². The van der Waals surface area contributed by atoms with E-state index >= 15 is 0 Å². The number of likely N-dealkylation sites (tertiary alicyclic amines) is 1. The van der Waals surface area contributed by atoms with Crippen molar-refractivity contribution >= 4 is 18.3 Å². The Balaban J connectivity index is 0.00000220. The number of likely N-dealkylation sites (N-methyl/N-ethyl adjacent to an activating group) is 1. The van der Waals surface area contributed by atoms with Gasteiger partial charge in [0, 0.05) is 25.2 Å². The smallest absolute Gasteiger partial charge is 0.236 e. The third kappa shape index (κ3) is 5.11. The van der Waals surface area contributed by atoms with Crippen molar-refractivity contribution < 1.29 is 4.79 Å². The first-order chi connectivity index (χ1) is 9.59. The standard InChI is InChI=1S/C16H31N3O.ClH/c1-13(17)15-10-6-7-11-19(15)12-16(20)18(2)14-8-4-3-5-9-14;/h13-15H,3-12,17H2,1-2H3;1H. The van der Waals surface area contributed by atoms with E-state index in [0.29, 0.717) is 18.6 Å². The molecule has 2 N–H and O–H groups in total. The normalized spacial score (nSPS) is 26.0. The molecule has 0 bridgehead atoms. The average molecular weight is 318 g/mol. The second kappa shape index (κ2) is 8.96. The highest BCUT2D eigenvalue weighted by Gasteiger charge is 2.29. The monoisotopic (exact) mass is 317 g/mol. The van der Waals surface area contributed by atoms with E-state index in [0.717, 1.165) is 13.0 Å². The highest BCUT2D eigenvalue weighted by molar-refractivity contribution is 5.85. The first-order valence-electron chi connectivity index (χ1n) is 8.35. The van der Waals surface area contributed by atoms with Crippen molar-refractivity contribution in [3.63, 3.8) is 0 Å². The molecule has 2 fully saturated rings. The number of piperidine rings is 1. The number of hydrogen-bond donors (Lipinski definition) is 1. The molecule has 1 aliphatic heterocycles. The Morgan fingerprint density at radius 3 is 2.43 bits per heavy atom. The van der Waals surface area contributed by atoms with Crippen molar-refractivity contribution in [3.05, 3.63) is 0 Å². The SMILES string of the molecule is CC(N)C1CCCCN1CC(=O)N(C)C1CCCCC1.Cl. The maximum absolute atomic E-state index is 12.5. The molecule has 21 heavy (non-hydrogen) atoms. The molecule has 2 unspecified atom stereocenters. The maximum Gasteiger partial charge on any atom is 0.236 e. The fourth-order valence-electron chi connectivity index (χ4n) is 3.77. The third-order valence-corrected chi connectivity index (χ3v) is 5.13. The summed E-state index contributed by atoms with van der Waals surface area (Å²) < 4.78 is 0. The van der Waals surface area contributed by atoms with Gasteiger partial charge in [-0.2, -0.15) is 0 Å². The van der Waals surface area contributed by atoms with Crippen molar-refractivity contribution in [1.82, 2.24) is 9.80 Å². The Hall–Kier alpha value is -0.320. The van der Waals surface area contributed by atoms with Gasteiger partial charge in [-0.25, -0.2) is 0 Å². The first kappa shape index (κ1) is 18.7. The molecule has 1 saturated heterocycles. The van der Waals surface area contributed by atoms with E-state index < -0.39 is 0 Å². The van der Waals surface area contributed by atoms with Gasteiger partial charge in [0.2, 0.25) is 5.91 Å². The lowest BCUT2D eigenvalue weighted by molar-refractivity contribution is -0.134. The van der Waals surface area contributed by atoms with E-state index in [1.54, 1.807) is 0 Å². The number of carbonyl (C=O) groups excluding carboxylic acids is 1. The molecule has 4 nitrogen and oxygen atoms in total. The Kier molecular flexibility index (Phi) is 7.99. The molecule has 0 aromatic heterocycles. The Morgan fingerprint density at radius 1 is 1.19 bits per heavy atom. The zero-order valence-electron chi connectivity index (χ0n) is 13.6. The predicted octanol–water partition coefficient (Wildman–Crippen LogP) is 2.40. The summed E-state index contributed by atoms with van der Waals surface area (Å²) in [7, 11) is 1.99. The van der Waals surface area contributed by atoms with Crippen LogP contribution in [0.2, 0.25) is 0 Å². The van der Waals surface area contributed by atoms with Crippen LogP contribution in [0.1, 0.15) is 58.3 Å². The zero-order valence-corrected chi connectivity index (χ0v) is 14.4. The molecule has 2 atom stereocenters. The van der Waals surface area contributed by atoms with E-state index in [1.807, 2.05) is 11.9 Å². The van der Waals surface area contributed by atoms with Crippen LogP contribution in [0.4, 0.5) is 0 Å².